The van der Waals surface area contributed by atoms with Gasteiger partial charge in [-0.3, -0.25) is 15.1 Å². The largest absolute Gasteiger partial charge is 0.382 e. The lowest BCUT2D eigenvalue weighted by molar-refractivity contribution is -0.0463. The standard InChI is InChI=1S/C5H14N3O5P/c1-14(12,13)4(9)2-7-3-8(11)5(6)10/h4,7,9,11H,2-3H2,1H3,(H2,6,10)(H,12,13). The van der Waals surface area contributed by atoms with Crippen LogP contribution >= 0.6 is 7.37 Å². The number of nitrogens with two attached hydrogens (primary N) is 1. The van der Waals surface area contributed by atoms with E-state index in [1.165, 1.54) is 0 Å². The molecule has 0 rings (SSSR count). The average molecular weight is 227 g/mol. The first-order chi connectivity index (χ1) is 6.25. The molecule has 0 saturated carbocycles. The summed E-state index contributed by atoms with van der Waals surface area (Å²) in [6.45, 7) is 0.450. The second kappa shape index (κ2) is 5.28. The maximum Gasteiger partial charge on any atom is 0.339 e. The Balaban J connectivity index is 3.76. The summed E-state index contributed by atoms with van der Waals surface area (Å²) in [5.41, 5.74) is 4.67. The lowest BCUT2D eigenvalue weighted by atomic mass is 10.7. The van der Waals surface area contributed by atoms with Gasteiger partial charge in [-0.2, -0.15) is 5.06 Å². The predicted octanol–water partition coefficient (Wildman–Crippen LogP) is -1.48. The molecule has 9 heteroatoms. The molecule has 2 atom stereocenters. The smallest absolute Gasteiger partial charge is 0.339 e. The van der Waals surface area contributed by atoms with Crippen molar-refractivity contribution < 1.29 is 24.6 Å². The number of aliphatic hydroxyl groups excluding tert-OH is 1. The minimum Gasteiger partial charge on any atom is -0.382 e. The Morgan fingerprint density at radius 1 is 1.71 bits per heavy atom. The van der Waals surface area contributed by atoms with Crippen LogP contribution in [0.15, 0.2) is 0 Å². The highest BCUT2D eigenvalue weighted by Crippen LogP contribution is 2.39. The molecule has 0 heterocycles. The van der Waals surface area contributed by atoms with Crippen LogP contribution in [0, 0.1) is 0 Å². The molecule has 0 bridgehead atoms. The third kappa shape index (κ3) is 5.15. The van der Waals surface area contributed by atoms with Gasteiger partial charge in [0, 0.05) is 13.2 Å². The molecule has 0 aromatic rings. The lowest BCUT2D eigenvalue weighted by Gasteiger charge is -2.17. The van der Waals surface area contributed by atoms with E-state index in [9.17, 15) is 9.36 Å². The summed E-state index contributed by atoms with van der Waals surface area (Å²) >= 11 is 0. The number of hydrogen-bond donors (Lipinski definition) is 5. The van der Waals surface area contributed by atoms with Crippen LogP contribution in [-0.4, -0.2) is 52.0 Å². The molecule has 2 unspecified atom stereocenters. The van der Waals surface area contributed by atoms with E-state index in [0.29, 0.717) is 0 Å². The van der Waals surface area contributed by atoms with Gasteiger partial charge < -0.3 is 15.7 Å². The third-order valence-electron chi connectivity index (χ3n) is 1.40. The number of primary amides is 1. The predicted molar refractivity (Wildman–Crippen MR) is 47.8 cm³/mol. The maximum atomic E-state index is 10.8. The number of amides is 2. The molecule has 2 amide bonds. The first-order valence-corrected chi connectivity index (χ1v) is 5.87. The van der Waals surface area contributed by atoms with E-state index in [0.717, 1.165) is 6.66 Å². The Hall–Kier alpha value is -0.660. The zero-order valence-electron chi connectivity index (χ0n) is 7.62. The van der Waals surface area contributed by atoms with Gasteiger partial charge >= 0.3 is 6.03 Å². The molecular weight excluding hydrogens is 213 g/mol. The van der Waals surface area contributed by atoms with Gasteiger partial charge in [0.1, 0.15) is 5.85 Å². The maximum absolute atomic E-state index is 10.8. The molecular formula is C5H14N3O5P. The normalized spacial score (nSPS) is 17.1. The SMILES string of the molecule is CP(=O)(O)C(O)CNCN(O)C(N)=O. The number of rotatable bonds is 5. The van der Waals surface area contributed by atoms with Crippen molar-refractivity contribution in [2.75, 3.05) is 19.9 Å². The van der Waals surface area contributed by atoms with Crippen molar-refractivity contribution in [1.29, 1.82) is 0 Å². The summed E-state index contributed by atoms with van der Waals surface area (Å²) in [5, 5.41) is 20.3. The molecule has 0 saturated heterocycles. The van der Waals surface area contributed by atoms with E-state index in [1.54, 1.807) is 0 Å². The van der Waals surface area contributed by atoms with Crippen LogP contribution in [-0.2, 0) is 4.57 Å². The van der Waals surface area contributed by atoms with Gasteiger partial charge in [0.25, 0.3) is 0 Å². The fraction of sp³-hybridized carbons (Fsp3) is 0.800. The molecule has 0 aromatic carbocycles. The van der Waals surface area contributed by atoms with E-state index < -0.39 is 19.2 Å². The molecule has 8 nitrogen and oxygen atoms in total. The summed E-state index contributed by atoms with van der Waals surface area (Å²) < 4.78 is 10.8. The summed E-state index contributed by atoms with van der Waals surface area (Å²) in [6.07, 6.45) is 0. The van der Waals surface area contributed by atoms with Gasteiger partial charge in [0.15, 0.2) is 0 Å². The topological polar surface area (TPSA) is 136 Å². The van der Waals surface area contributed by atoms with Gasteiger partial charge in [0.05, 0.1) is 6.67 Å². The second-order valence-electron chi connectivity index (χ2n) is 2.77. The van der Waals surface area contributed by atoms with Gasteiger partial charge in [-0.15, -0.1) is 0 Å². The monoisotopic (exact) mass is 227 g/mol. The van der Waals surface area contributed by atoms with Crippen molar-refractivity contribution in [1.82, 2.24) is 10.4 Å². The van der Waals surface area contributed by atoms with Crippen LogP contribution in [0.25, 0.3) is 0 Å². The number of urea groups is 1. The van der Waals surface area contributed by atoms with Crippen LogP contribution in [0.1, 0.15) is 0 Å². The number of carbonyl (C=O) groups excluding carboxylic acids is 1. The van der Waals surface area contributed by atoms with Crippen LogP contribution < -0.4 is 11.1 Å². The fourth-order valence-electron chi connectivity index (χ4n) is 0.547. The minimum atomic E-state index is -3.56. The van der Waals surface area contributed by atoms with Crippen molar-refractivity contribution in [3.8, 4) is 0 Å². The van der Waals surface area contributed by atoms with E-state index in [-0.39, 0.29) is 18.3 Å². The zero-order valence-corrected chi connectivity index (χ0v) is 8.52. The van der Waals surface area contributed by atoms with Crippen molar-refractivity contribution >= 4 is 13.4 Å². The molecule has 0 spiro atoms. The lowest BCUT2D eigenvalue weighted by Crippen LogP contribution is -2.41. The molecule has 0 aliphatic heterocycles. The van der Waals surface area contributed by atoms with Crippen LogP contribution in [0.2, 0.25) is 0 Å². The van der Waals surface area contributed by atoms with Gasteiger partial charge in [-0.1, -0.05) is 0 Å². The van der Waals surface area contributed by atoms with Gasteiger partial charge in [-0.25, -0.2) is 4.79 Å². The minimum absolute atomic E-state index is 0.171. The molecule has 84 valence electrons. The Bertz CT molecular complexity index is 242. The number of nitrogens with zero attached hydrogens (tertiary/aromatic N) is 1. The molecule has 0 aliphatic rings. The number of nitrogens with one attached hydrogen (secondary N) is 1. The number of aliphatic hydroxyl groups is 1. The van der Waals surface area contributed by atoms with Crippen LogP contribution in [0.5, 0.6) is 0 Å². The zero-order chi connectivity index (χ0) is 11.4. The number of hydrogen-bond acceptors (Lipinski definition) is 5. The average Bonchev–Trinajstić information content (AvgIpc) is 2.01. The molecule has 14 heavy (non-hydrogen) atoms. The summed E-state index contributed by atoms with van der Waals surface area (Å²) in [7, 11) is -3.56. The summed E-state index contributed by atoms with van der Waals surface area (Å²) in [6, 6.07) is -1.06. The van der Waals surface area contributed by atoms with E-state index >= 15 is 0 Å². The number of carbonyl (C=O) groups is 1. The van der Waals surface area contributed by atoms with Gasteiger partial charge in [0.2, 0.25) is 7.37 Å². The van der Waals surface area contributed by atoms with Crippen LogP contribution in [0.4, 0.5) is 4.79 Å². The number of hydroxylamine groups is 2. The van der Waals surface area contributed by atoms with Crippen LogP contribution in [0.3, 0.4) is 0 Å². The molecule has 6 N–H and O–H groups in total. The molecule has 0 fully saturated rings. The van der Waals surface area contributed by atoms with Crippen molar-refractivity contribution in [2.45, 2.75) is 5.85 Å². The third-order valence-corrected chi connectivity index (χ3v) is 2.68. The Morgan fingerprint density at radius 3 is 2.57 bits per heavy atom. The Kier molecular flexibility index (Phi) is 5.03. The molecule has 0 aliphatic carbocycles. The molecule has 0 aromatic heterocycles. The Morgan fingerprint density at radius 2 is 2.21 bits per heavy atom. The second-order valence-corrected chi connectivity index (χ2v) is 5.26. The van der Waals surface area contributed by atoms with E-state index in [2.05, 4.69) is 11.1 Å². The van der Waals surface area contributed by atoms with E-state index in [1.807, 2.05) is 0 Å². The first kappa shape index (κ1) is 13.3. The highest BCUT2D eigenvalue weighted by atomic mass is 31.2. The highest BCUT2D eigenvalue weighted by molar-refractivity contribution is 7.57. The summed E-state index contributed by atoms with van der Waals surface area (Å²) in [4.78, 5) is 19.1. The Labute approximate surface area is 80.7 Å². The fourth-order valence-corrected chi connectivity index (χ4v) is 1.01. The summed E-state index contributed by atoms with van der Waals surface area (Å²) in [5.74, 6) is -1.44. The van der Waals surface area contributed by atoms with Crippen molar-refractivity contribution in [3.63, 3.8) is 0 Å². The van der Waals surface area contributed by atoms with Gasteiger partial charge in [-0.05, 0) is 0 Å². The highest BCUT2D eigenvalue weighted by Gasteiger charge is 2.22. The van der Waals surface area contributed by atoms with Crippen molar-refractivity contribution in [3.05, 3.63) is 0 Å². The first-order valence-electron chi connectivity index (χ1n) is 3.69. The van der Waals surface area contributed by atoms with E-state index in [4.69, 9.17) is 15.2 Å². The van der Waals surface area contributed by atoms with Crippen molar-refractivity contribution in [2.24, 2.45) is 5.73 Å². The molecule has 0 radical (unpaired) electrons. The quantitative estimate of drug-likeness (QED) is 0.168.